The number of nitro benzene ring substituents is 1. The van der Waals surface area contributed by atoms with E-state index in [-0.39, 0.29) is 5.69 Å². The number of rotatable bonds is 4. The van der Waals surface area contributed by atoms with Crippen molar-refractivity contribution in [2.24, 2.45) is 0 Å². The molecule has 0 radical (unpaired) electrons. The second-order valence-electron chi connectivity index (χ2n) is 3.31. The second kappa shape index (κ2) is 4.96. The SMILES string of the molecule is O=[N+]([O-])c1ccc(NCc2ncc[nH]2)c(Br)c1. The standard InChI is InChI=1S/C10H9BrN4O2/c11-8-5-7(15(16)17)1-2-9(8)14-6-10-12-3-4-13-10/h1-5,14H,6H2,(H,12,13). The van der Waals surface area contributed by atoms with Gasteiger partial charge in [0.25, 0.3) is 5.69 Å². The van der Waals surface area contributed by atoms with E-state index in [0.717, 1.165) is 11.5 Å². The molecule has 17 heavy (non-hydrogen) atoms. The Hall–Kier alpha value is -1.89. The van der Waals surface area contributed by atoms with E-state index < -0.39 is 4.92 Å². The highest BCUT2D eigenvalue weighted by Crippen LogP contribution is 2.27. The number of nitro groups is 1. The minimum Gasteiger partial charge on any atom is -0.377 e. The molecule has 0 aliphatic rings. The summed E-state index contributed by atoms with van der Waals surface area (Å²) < 4.78 is 0.651. The summed E-state index contributed by atoms with van der Waals surface area (Å²) in [5.41, 5.74) is 0.840. The van der Waals surface area contributed by atoms with Crippen molar-refractivity contribution in [2.45, 2.75) is 6.54 Å². The lowest BCUT2D eigenvalue weighted by atomic mass is 10.3. The van der Waals surface area contributed by atoms with Gasteiger partial charge in [0.1, 0.15) is 5.82 Å². The maximum absolute atomic E-state index is 10.6. The summed E-state index contributed by atoms with van der Waals surface area (Å²) in [5.74, 6) is 0.801. The Morgan fingerprint density at radius 3 is 2.94 bits per heavy atom. The van der Waals surface area contributed by atoms with E-state index in [9.17, 15) is 10.1 Å². The second-order valence-corrected chi connectivity index (χ2v) is 4.17. The molecule has 7 heteroatoms. The normalized spacial score (nSPS) is 10.2. The van der Waals surface area contributed by atoms with Crippen LogP contribution in [0.4, 0.5) is 11.4 Å². The molecule has 2 N–H and O–H groups in total. The first-order valence-electron chi connectivity index (χ1n) is 4.83. The Morgan fingerprint density at radius 2 is 2.35 bits per heavy atom. The Kier molecular flexibility index (Phi) is 3.38. The first kappa shape index (κ1) is 11.6. The number of non-ortho nitro benzene ring substituents is 1. The van der Waals surface area contributed by atoms with Gasteiger partial charge in [0.05, 0.1) is 11.5 Å². The summed E-state index contributed by atoms with van der Waals surface area (Å²) in [7, 11) is 0. The minimum absolute atomic E-state index is 0.0559. The van der Waals surface area contributed by atoms with Crippen LogP contribution in [0.15, 0.2) is 35.1 Å². The van der Waals surface area contributed by atoms with Gasteiger partial charge in [-0.05, 0) is 22.0 Å². The van der Waals surface area contributed by atoms with E-state index in [1.54, 1.807) is 18.5 Å². The maximum atomic E-state index is 10.6. The fourth-order valence-electron chi connectivity index (χ4n) is 1.33. The highest BCUT2D eigenvalue weighted by Gasteiger charge is 2.08. The Bertz CT molecular complexity index is 527. The molecule has 6 nitrogen and oxygen atoms in total. The molecular formula is C10H9BrN4O2. The molecule has 0 aliphatic carbocycles. The smallest absolute Gasteiger partial charge is 0.270 e. The van der Waals surface area contributed by atoms with Gasteiger partial charge in [-0.15, -0.1) is 0 Å². The van der Waals surface area contributed by atoms with Gasteiger partial charge in [-0.2, -0.15) is 0 Å². The van der Waals surface area contributed by atoms with E-state index >= 15 is 0 Å². The van der Waals surface area contributed by atoms with Crippen molar-refractivity contribution < 1.29 is 4.92 Å². The van der Waals surface area contributed by atoms with Crippen LogP contribution in [-0.2, 0) is 6.54 Å². The fourth-order valence-corrected chi connectivity index (χ4v) is 1.84. The van der Waals surface area contributed by atoms with E-state index in [0.29, 0.717) is 11.0 Å². The molecule has 1 aromatic carbocycles. The number of nitrogens with zero attached hydrogens (tertiary/aromatic N) is 2. The van der Waals surface area contributed by atoms with Gasteiger partial charge >= 0.3 is 0 Å². The van der Waals surface area contributed by atoms with Gasteiger partial charge in [-0.3, -0.25) is 10.1 Å². The summed E-state index contributed by atoms with van der Waals surface area (Å²) in [4.78, 5) is 17.2. The molecule has 2 rings (SSSR count). The predicted octanol–water partition coefficient (Wildman–Crippen LogP) is 2.69. The Labute approximate surface area is 105 Å². The number of aromatic amines is 1. The van der Waals surface area contributed by atoms with Gasteiger partial charge in [0.2, 0.25) is 0 Å². The van der Waals surface area contributed by atoms with Crippen molar-refractivity contribution in [3.05, 3.63) is 51.0 Å². The summed E-state index contributed by atoms with van der Waals surface area (Å²) >= 11 is 3.28. The molecule has 0 aliphatic heterocycles. The van der Waals surface area contributed by atoms with Crippen LogP contribution >= 0.6 is 15.9 Å². The molecule has 0 atom stereocenters. The van der Waals surface area contributed by atoms with Gasteiger partial charge < -0.3 is 10.3 Å². The average molecular weight is 297 g/mol. The maximum Gasteiger partial charge on any atom is 0.270 e. The minimum atomic E-state index is -0.429. The first-order valence-corrected chi connectivity index (χ1v) is 5.62. The molecule has 88 valence electrons. The third-order valence-corrected chi connectivity index (χ3v) is 2.82. The molecular weight excluding hydrogens is 288 g/mol. The van der Waals surface area contributed by atoms with Crippen LogP contribution in [0.1, 0.15) is 5.82 Å². The van der Waals surface area contributed by atoms with Crippen LogP contribution in [0, 0.1) is 10.1 Å². The van der Waals surface area contributed by atoms with Crippen LogP contribution in [0.2, 0.25) is 0 Å². The number of imidazole rings is 1. The number of benzene rings is 1. The van der Waals surface area contributed by atoms with Crippen molar-refractivity contribution in [1.29, 1.82) is 0 Å². The van der Waals surface area contributed by atoms with Crippen molar-refractivity contribution in [2.75, 3.05) is 5.32 Å². The van der Waals surface area contributed by atoms with E-state index in [1.807, 2.05) is 0 Å². The zero-order chi connectivity index (χ0) is 12.3. The van der Waals surface area contributed by atoms with E-state index in [4.69, 9.17) is 0 Å². The highest BCUT2D eigenvalue weighted by molar-refractivity contribution is 9.10. The molecule has 0 fully saturated rings. The van der Waals surface area contributed by atoms with Crippen molar-refractivity contribution in [1.82, 2.24) is 9.97 Å². The molecule has 0 spiro atoms. The number of anilines is 1. The number of halogens is 1. The van der Waals surface area contributed by atoms with Gasteiger partial charge in [0.15, 0.2) is 0 Å². The van der Waals surface area contributed by atoms with Gasteiger partial charge in [-0.25, -0.2) is 4.98 Å². The van der Waals surface area contributed by atoms with E-state index in [2.05, 4.69) is 31.2 Å². The molecule has 1 heterocycles. The molecule has 0 bridgehead atoms. The van der Waals surface area contributed by atoms with Crippen LogP contribution in [0.5, 0.6) is 0 Å². The number of aromatic nitrogens is 2. The third kappa shape index (κ3) is 2.82. The third-order valence-electron chi connectivity index (χ3n) is 2.16. The fraction of sp³-hybridized carbons (Fsp3) is 0.100. The van der Waals surface area contributed by atoms with Crippen LogP contribution in [0.3, 0.4) is 0 Å². The van der Waals surface area contributed by atoms with Gasteiger partial charge in [-0.1, -0.05) is 0 Å². The van der Waals surface area contributed by atoms with Crippen LogP contribution in [0.25, 0.3) is 0 Å². The summed E-state index contributed by atoms with van der Waals surface area (Å²) in [5, 5.41) is 13.7. The lowest BCUT2D eigenvalue weighted by Crippen LogP contribution is -2.02. The van der Waals surface area contributed by atoms with Crippen molar-refractivity contribution in [3.63, 3.8) is 0 Å². The summed E-state index contributed by atoms with van der Waals surface area (Å²) in [6.07, 6.45) is 3.41. The molecule has 0 saturated heterocycles. The molecule has 1 aromatic heterocycles. The molecule has 0 unspecified atom stereocenters. The Balaban J connectivity index is 2.09. The Morgan fingerprint density at radius 1 is 1.53 bits per heavy atom. The molecule has 0 saturated carbocycles. The monoisotopic (exact) mass is 296 g/mol. The predicted molar refractivity (Wildman–Crippen MR) is 66.7 cm³/mol. The quantitative estimate of drug-likeness (QED) is 0.671. The summed E-state index contributed by atoms with van der Waals surface area (Å²) in [6.45, 7) is 0.531. The summed E-state index contributed by atoms with van der Waals surface area (Å²) in [6, 6.07) is 4.57. The number of hydrogen-bond acceptors (Lipinski definition) is 4. The molecule has 2 aromatic rings. The van der Waals surface area contributed by atoms with Gasteiger partial charge in [0, 0.05) is 34.7 Å². The van der Waals surface area contributed by atoms with Crippen LogP contribution < -0.4 is 5.32 Å². The van der Waals surface area contributed by atoms with Crippen LogP contribution in [-0.4, -0.2) is 14.9 Å². The largest absolute Gasteiger partial charge is 0.377 e. The van der Waals surface area contributed by atoms with Crippen molar-refractivity contribution in [3.8, 4) is 0 Å². The number of nitrogens with one attached hydrogen (secondary N) is 2. The number of H-pyrrole nitrogens is 1. The van der Waals surface area contributed by atoms with Crippen molar-refractivity contribution >= 4 is 27.3 Å². The zero-order valence-corrected chi connectivity index (χ0v) is 10.3. The topological polar surface area (TPSA) is 83.8 Å². The zero-order valence-electron chi connectivity index (χ0n) is 8.68. The lowest BCUT2D eigenvalue weighted by Gasteiger charge is -2.06. The molecule has 0 amide bonds. The highest BCUT2D eigenvalue weighted by atomic mass is 79.9. The number of hydrogen-bond donors (Lipinski definition) is 2. The average Bonchev–Trinajstić information content (AvgIpc) is 2.80. The van der Waals surface area contributed by atoms with E-state index in [1.165, 1.54) is 12.1 Å². The lowest BCUT2D eigenvalue weighted by molar-refractivity contribution is -0.384. The first-order chi connectivity index (χ1) is 8.16.